The normalized spacial score (nSPS) is 17.6. The summed E-state index contributed by atoms with van der Waals surface area (Å²) in [7, 11) is 0. The third kappa shape index (κ3) is 5.89. The summed E-state index contributed by atoms with van der Waals surface area (Å²) in [5.74, 6) is 2.20. The summed E-state index contributed by atoms with van der Waals surface area (Å²) in [6, 6.07) is 6.28. The molecule has 2 rings (SSSR count). The summed E-state index contributed by atoms with van der Waals surface area (Å²) in [4.78, 5) is 4.63. The summed E-state index contributed by atoms with van der Waals surface area (Å²) < 4.78 is 11.5. The Hall–Kier alpha value is -2.01. The molecule has 0 amide bonds. The predicted octanol–water partition coefficient (Wildman–Crippen LogP) is 2.65. The van der Waals surface area contributed by atoms with Gasteiger partial charge in [0.15, 0.2) is 5.96 Å². The van der Waals surface area contributed by atoms with Gasteiger partial charge in [-0.1, -0.05) is 18.2 Å². The van der Waals surface area contributed by atoms with Crippen molar-refractivity contribution in [3.05, 3.63) is 42.0 Å². The molecule has 1 aliphatic heterocycles. The van der Waals surface area contributed by atoms with Crippen LogP contribution in [0.5, 0.6) is 5.75 Å². The number of hydrogen-bond acceptors (Lipinski definition) is 3. The van der Waals surface area contributed by atoms with Gasteiger partial charge in [0.05, 0.1) is 19.8 Å². The van der Waals surface area contributed by atoms with E-state index in [2.05, 4.69) is 54.3 Å². The highest BCUT2D eigenvalue weighted by Gasteiger charge is 2.17. The van der Waals surface area contributed by atoms with Crippen molar-refractivity contribution in [3.8, 4) is 5.75 Å². The molecule has 1 heterocycles. The summed E-state index contributed by atoms with van der Waals surface area (Å²) in [5, 5.41) is 6.44. The van der Waals surface area contributed by atoms with Crippen LogP contribution in [-0.4, -0.2) is 38.9 Å². The van der Waals surface area contributed by atoms with Crippen molar-refractivity contribution in [2.75, 3.05) is 32.9 Å². The maximum absolute atomic E-state index is 6.07. The van der Waals surface area contributed by atoms with E-state index in [0.717, 1.165) is 43.5 Å². The fraction of sp³-hybridized carbons (Fsp3) is 0.526. The minimum atomic E-state index is 0.494. The van der Waals surface area contributed by atoms with E-state index >= 15 is 0 Å². The van der Waals surface area contributed by atoms with Crippen molar-refractivity contribution in [3.63, 3.8) is 0 Å². The summed E-state index contributed by atoms with van der Waals surface area (Å²) >= 11 is 0. The zero-order valence-electron chi connectivity index (χ0n) is 14.8. The molecule has 0 aromatic heterocycles. The van der Waals surface area contributed by atoms with E-state index in [4.69, 9.17) is 9.47 Å². The molecule has 0 bridgehead atoms. The molecule has 5 nitrogen and oxygen atoms in total. The number of nitrogens with one attached hydrogen (secondary N) is 2. The number of aliphatic imine (C=N–C) groups is 1. The van der Waals surface area contributed by atoms with Crippen molar-refractivity contribution >= 4 is 5.96 Å². The number of benzene rings is 1. The van der Waals surface area contributed by atoms with Crippen LogP contribution in [0.3, 0.4) is 0 Å². The molecular formula is C19H29N3O2. The van der Waals surface area contributed by atoms with Gasteiger partial charge < -0.3 is 20.1 Å². The molecule has 1 unspecified atom stereocenters. The topological polar surface area (TPSA) is 54.9 Å². The molecule has 1 fully saturated rings. The first-order valence-electron chi connectivity index (χ1n) is 8.66. The number of hydrogen-bond donors (Lipinski definition) is 2. The minimum absolute atomic E-state index is 0.494. The largest absolute Gasteiger partial charge is 0.493 e. The Bertz CT molecular complexity index is 552. The number of ether oxygens (including phenoxy) is 2. The monoisotopic (exact) mass is 331 g/mol. The van der Waals surface area contributed by atoms with Crippen molar-refractivity contribution in [1.82, 2.24) is 10.6 Å². The van der Waals surface area contributed by atoms with Crippen LogP contribution in [-0.2, 0) is 11.3 Å². The van der Waals surface area contributed by atoms with Gasteiger partial charge in [-0.05, 0) is 31.9 Å². The van der Waals surface area contributed by atoms with Crippen LogP contribution in [0.1, 0.15) is 24.5 Å². The highest BCUT2D eigenvalue weighted by atomic mass is 16.5. The Balaban J connectivity index is 2.02. The number of guanidine groups is 1. The number of rotatable bonds is 8. The Morgan fingerprint density at radius 3 is 3.04 bits per heavy atom. The van der Waals surface area contributed by atoms with Crippen LogP contribution < -0.4 is 15.4 Å². The Kier molecular flexibility index (Phi) is 7.62. The molecule has 5 heteroatoms. The van der Waals surface area contributed by atoms with Crippen LogP contribution in [0, 0.1) is 12.8 Å². The van der Waals surface area contributed by atoms with Gasteiger partial charge in [0, 0.05) is 31.2 Å². The second-order valence-corrected chi connectivity index (χ2v) is 6.02. The standard InChI is InChI=1S/C19H29N3O2/c1-4-9-21-19(20-5-2)22-12-17-7-6-15(3)11-18(17)24-14-16-8-10-23-13-16/h4,6-7,11,16H,1,5,8-10,12-14H2,2-3H3,(H2,20,21,22). The zero-order chi connectivity index (χ0) is 17.2. The second kappa shape index (κ2) is 9.98. The van der Waals surface area contributed by atoms with Gasteiger partial charge in [0.25, 0.3) is 0 Å². The maximum atomic E-state index is 6.07. The maximum Gasteiger partial charge on any atom is 0.191 e. The van der Waals surface area contributed by atoms with Crippen LogP contribution in [0.15, 0.2) is 35.8 Å². The average molecular weight is 331 g/mol. The van der Waals surface area contributed by atoms with Crippen molar-refractivity contribution in [1.29, 1.82) is 0 Å². The van der Waals surface area contributed by atoms with Crippen molar-refractivity contribution < 1.29 is 9.47 Å². The Labute approximate surface area is 145 Å². The molecule has 0 radical (unpaired) electrons. The van der Waals surface area contributed by atoms with Gasteiger partial charge in [-0.15, -0.1) is 6.58 Å². The van der Waals surface area contributed by atoms with E-state index in [1.165, 1.54) is 5.56 Å². The number of aryl methyl sites for hydroxylation is 1. The van der Waals surface area contributed by atoms with Crippen molar-refractivity contribution in [2.45, 2.75) is 26.8 Å². The summed E-state index contributed by atoms with van der Waals surface area (Å²) in [5.41, 5.74) is 2.28. The molecule has 0 aliphatic carbocycles. The summed E-state index contributed by atoms with van der Waals surface area (Å²) in [6.45, 7) is 12.3. The lowest BCUT2D eigenvalue weighted by molar-refractivity contribution is 0.166. The van der Waals surface area contributed by atoms with Crippen molar-refractivity contribution in [2.24, 2.45) is 10.9 Å². The average Bonchev–Trinajstić information content (AvgIpc) is 3.10. The Morgan fingerprint density at radius 2 is 2.33 bits per heavy atom. The van der Waals surface area contributed by atoms with E-state index in [-0.39, 0.29) is 0 Å². The van der Waals surface area contributed by atoms with E-state index in [9.17, 15) is 0 Å². The molecule has 132 valence electrons. The third-order valence-electron chi connectivity index (χ3n) is 3.89. The third-order valence-corrected chi connectivity index (χ3v) is 3.89. The SMILES string of the molecule is C=CCNC(=NCc1ccc(C)cc1OCC1CCOC1)NCC. The first-order valence-corrected chi connectivity index (χ1v) is 8.66. The van der Waals surface area contributed by atoms with Gasteiger partial charge in [-0.2, -0.15) is 0 Å². The lowest BCUT2D eigenvalue weighted by Crippen LogP contribution is -2.37. The quantitative estimate of drug-likeness (QED) is 0.437. The van der Waals surface area contributed by atoms with E-state index in [0.29, 0.717) is 25.6 Å². The molecule has 24 heavy (non-hydrogen) atoms. The fourth-order valence-corrected chi connectivity index (χ4v) is 2.52. The molecule has 1 aromatic carbocycles. The van der Waals surface area contributed by atoms with Gasteiger partial charge in [-0.3, -0.25) is 0 Å². The van der Waals surface area contributed by atoms with Gasteiger partial charge >= 0.3 is 0 Å². The van der Waals surface area contributed by atoms with Crippen LogP contribution in [0.25, 0.3) is 0 Å². The first kappa shape index (κ1) is 18.3. The smallest absolute Gasteiger partial charge is 0.191 e. The predicted molar refractivity (Wildman–Crippen MR) is 98.6 cm³/mol. The molecule has 1 aliphatic rings. The number of nitrogens with zero attached hydrogens (tertiary/aromatic N) is 1. The Morgan fingerprint density at radius 1 is 1.46 bits per heavy atom. The van der Waals surface area contributed by atoms with Gasteiger partial charge in [-0.25, -0.2) is 4.99 Å². The minimum Gasteiger partial charge on any atom is -0.493 e. The van der Waals surface area contributed by atoms with E-state index < -0.39 is 0 Å². The molecule has 1 aromatic rings. The highest BCUT2D eigenvalue weighted by Crippen LogP contribution is 2.23. The molecule has 1 atom stereocenters. The van der Waals surface area contributed by atoms with Gasteiger partial charge in [0.2, 0.25) is 0 Å². The lowest BCUT2D eigenvalue weighted by atomic mass is 10.1. The zero-order valence-corrected chi connectivity index (χ0v) is 14.8. The van der Waals surface area contributed by atoms with Gasteiger partial charge in [0.1, 0.15) is 5.75 Å². The van der Waals surface area contributed by atoms with Crippen LogP contribution >= 0.6 is 0 Å². The second-order valence-electron chi connectivity index (χ2n) is 6.02. The molecular weight excluding hydrogens is 302 g/mol. The highest BCUT2D eigenvalue weighted by molar-refractivity contribution is 5.79. The van der Waals surface area contributed by atoms with E-state index in [1.54, 1.807) is 0 Å². The van der Waals surface area contributed by atoms with Crippen LogP contribution in [0.4, 0.5) is 0 Å². The molecule has 1 saturated heterocycles. The summed E-state index contributed by atoms with van der Waals surface area (Å²) in [6.07, 6.45) is 2.90. The first-order chi connectivity index (χ1) is 11.7. The lowest BCUT2D eigenvalue weighted by Gasteiger charge is -2.15. The van der Waals surface area contributed by atoms with Crippen LogP contribution in [0.2, 0.25) is 0 Å². The fourth-order valence-electron chi connectivity index (χ4n) is 2.52. The van der Waals surface area contributed by atoms with E-state index in [1.807, 2.05) is 6.08 Å². The molecule has 2 N–H and O–H groups in total. The molecule has 0 saturated carbocycles. The molecule has 0 spiro atoms.